The molecule has 0 radical (unpaired) electrons. The number of hydrogen-bond acceptors (Lipinski definition) is 1. The third-order valence-corrected chi connectivity index (χ3v) is 3.23. The Balaban J connectivity index is 1.97. The van der Waals surface area contributed by atoms with E-state index in [0.717, 1.165) is 5.56 Å². The van der Waals surface area contributed by atoms with Gasteiger partial charge in [0.15, 0.2) is 0 Å². The molecule has 1 aromatic carbocycles. The first-order chi connectivity index (χ1) is 8.66. The van der Waals surface area contributed by atoms with Gasteiger partial charge in [-0.25, -0.2) is 4.39 Å². The summed E-state index contributed by atoms with van der Waals surface area (Å²) in [5, 5.41) is 0. The molecule has 1 aliphatic rings. The van der Waals surface area contributed by atoms with Crippen LogP contribution in [0.4, 0.5) is 4.39 Å². The molecule has 18 heavy (non-hydrogen) atoms. The molecule has 0 aliphatic heterocycles. The molecular formula is C16H19FO. The average Bonchev–Trinajstić information content (AvgIpc) is 2.37. The van der Waals surface area contributed by atoms with Crippen LogP contribution in [-0.2, 0) is 11.3 Å². The molecule has 0 fully saturated rings. The van der Waals surface area contributed by atoms with Crippen molar-refractivity contribution in [2.75, 3.05) is 0 Å². The van der Waals surface area contributed by atoms with Crippen molar-refractivity contribution in [2.24, 2.45) is 11.8 Å². The van der Waals surface area contributed by atoms with Crippen LogP contribution in [0.3, 0.4) is 0 Å². The Kier molecular flexibility index (Phi) is 4.32. The molecule has 96 valence electrons. The Morgan fingerprint density at radius 1 is 1.22 bits per heavy atom. The van der Waals surface area contributed by atoms with E-state index in [1.165, 1.54) is 12.1 Å². The second-order valence-electron chi connectivity index (χ2n) is 5.00. The molecule has 1 aliphatic carbocycles. The minimum atomic E-state index is -0.212. The zero-order valence-electron chi connectivity index (χ0n) is 10.8. The molecule has 1 aromatic rings. The van der Waals surface area contributed by atoms with Gasteiger partial charge in [-0.15, -0.1) is 0 Å². The Morgan fingerprint density at radius 2 is 2.00 bits per heavy atom. The zero-order chi connectivity index (χ0) is 13.0. The lowest BCUT2D eigenvalue weighted by atomic mass is 9.87. The second kappa shape index (κ2) is 5.96. The largest absolute Gasteiger partial charge is 0.369 e. The zero-order valence-corrected chi connectivity index (χ0v) is 10.8. The molecule has 0 heterocycles. The van der Waals surface area contributed by atoms with Crippen molar-refractivity contribution in [1.82, 2.24) is 0 Å². The average molecular weight is 246 g/mol. The molecule has 0 saturated heterocycles. The number of allylic oxidation sites excluding steroid dienone is 2. The van der Waals surface area contributed by atoms with Crippen LogP contribution < -0.4 is 0 Å². The van der Waals surface area contributed by atoms with E-state index in [2.05, 4.69) is 32.1 Å². The summed E-state index contributed by atoms with van der Waals surface area (Å²) in [7, 11) is 0. The van der Waals surface area contributed by atoms with Crippen LogP contribution >= 0.6 is 0 Å². The molecule has 2 atom stereocenters. The van der Waals surface area contributed by atoms with Crippen molar-refractivity contribution in [1.29, 1.82) is 0 Å². The quantitative estimate of drug-likeness (QED) is 0.777. The third-order valence-electron chi connectivity index (χ3n) is 3.23. The minimum Gasteiger partial charge on any atom is -0.369 e. The molecule has 2 rings (SSSR count). The van der Waals surface area contributed by atoms with Crippen LogP contribution in [-0.4, -0.2) is 6.10 Å². The lowest BCUT2D eigenvalue weighted by molar-refractivity contribution is 0.0324. The summed E-state index contributed by atoms with van der Waals surface area (Å²) >= 11 is 0. The van der Waals surface area contributed by atoms with Gasteiger partial charge < -0.3 is 4.74 Å². The van der Waals surface area contributed by atoms with Crippen LogP contribution in [0.1, 0.15) is 19.4 Å². The highest BCUT2D eigenvalue weighted by molar-refractivity contribution is 5.18. The summed E-state index contributed by atoms with van der Waals surface area (Å²) in [5.74, 6) is 0.711. The van der Waals surface area contributed by atoms with Gasteiger partial charge in [-0.3, -0.25) is 0 Å². The van der Waals surface area contributed by atoms with Gasteiger partial charge in [-0.05, 0) is 23.6 Å². The molecule has 2 unspecified atom stereocenters. The fraction of sp³-hybridized carbons (Fsp3) is 0.375. The fourth-order valence-corrected chi connectivity index (χ4v) is 2.19. The highest BCUT2D eigenvalue weighted by atomic mass is 19.1. The lowest BCUT2D eigenvalue weighted by Crippen LogP contribution is -2.26. The van der Waals surface area contributed by atoms with E-state index in [9.17, 15) is 4.39 Å². The van der Waals surface area contributed by atoms with E-state index in [1.54, 1.807) is 6.07 Å². The standard InChI is InChI=1S/C16H19FO/c1-12(2)15-8-3-4-9-16(15)18-11-13-6-5-7-14(17)10-13/h3-10,12,15-16H,11H2,1-2H3. The maximum absolute atomic E-state index is 13.1. The predicted octanol–water partition coefficient (Wildman–Crippen LogP) is 4.11. The van der Waals surface area contributed by atoms with Crippen molar-refractivity contribution in [3.05, 3.63) is 60.0 Å². The van der Waals surface area contributed by atoms with Gasteiger partial charge in [-0.2, -0.15) is 0 Å². The summed E-state index contributed by atoms with van der Waals surface area (Å²) in [6.45, 7) is 4.82. The monoisotopic (exact) mass is 246 g/mol. The maximum atomic E-state index is 13.1. The summed E-state index contributed by atoms with van der Waals surface area (Å²) < 4.78 is 19.0. The predicted molar refractivity (Wildman–Crippen MR) is 71.6 cm³/mol. The molecule has 0 aromatic heterocycles. The van der Waals surface area contributed by atoms with Crippen LogP contribution in [0.25, 0.3) is 0 Å². The van der Waals surface area contributed by atoms with Crippen molar-refractivity contribution in [3.8, 4) is 0 Å². The molecule has 0 spiro atoms. The van der Waals surface area contributed by atoms with E-state index >= 15 is 0 Å². The molecule has 0 amide bonds. The van der Waals surface area contributed by atoms with Gasteiger partial charge in [0.05, 0.1) is 12.7 Å². The van der Waals surface area contributed by atoms with E-state index in [-0.39, 0.29) is 11.9 Å². The van der Waals surface area contributed by atoms with E-state index < -0.39 is 0 Å². The van der Waals surface area contributed by atoms with Crippen LogP contribution in [0, 0.1) is 17.7 Å². The first kappa shape index (κ1) is 13.0. The smallest absolute Gasteiger partial charge is 0.123 e. The number of ether oxygens (including phenoxy) is 1. The van der Waals surface area contributed by atoms with Crippen LogP contribution in [0.2, 0.25) is 0 Å². The SMILES string of the molecule is CC(C)C1C=CC=CC1OCc1cccc(F)c1. The van der Waals surface area contributed by atoms with E-state index in [0.29, 0.717) is 18.4 Å². The molecule has 0 bridgehead atoms. The molecule has 1 nitrogen and oxygen atoms in total. The van der Waals surface area contributed by atoms with Crippen molar-refractivity contribution < 1.29 is 9.13 Å². The van der Waals surface area contributed by atoms with Gasteiger partial charge in [-0.1, -0.05) is 50.3 Å². The highest BCUT2D eigenvalue weighted by Gasteiger charge is 2.22. The lowest BCUT2D eigenvalue weighted by Gasteiger charge is -2.27. The van der Waals surface area contributed by atoms with Crippen molar-refractivity contribution in [2.45, 2.75) is 26.6 Å². The van der Waals surface area contributed by atoms with Crippen LogP contribution in [0.15, 0.2) is 48.6 Å². The first-order valence-corrected chi connectivity index (χ1v) is 6.38. The number of hydrogen-bond donors (Lipinski definition) is 0. The highest BCUT2D eigenvalue weighted by Crippen LogP contribution is 2.24. The van der Waals surface area contributed by atoms with Crippen molar-refractivity contribution >= 4 is 0 Å². The number of halogens is 1. The number of rotatable bonds is 4. The Morgan fingerprint density at radius 3 is 2.72 bits per heavy atom. The second-order valence-corrected chi connectivity index (χ2v) is 5.00. The van der Waals surface area contributed by atoms with E-state index in [1.807, 2.05) is 12.1 Å². The summed E-state index contributed by atoms with van der Waals surface area (Å²) in [4.78, 5) is 0. The van der Waals surface area contributed by atoms with Gasteiger partial charge in [0, 0.05) is 5.92 Å². The molecule has 0 saturated carbocycles. The third kappa shape index (κ3) is 3.30. The summed E-state index contributed by atoms with van der Waals surface area (Å²) in [6, 6.07) is 6.57. The molecule has 0 N–H and O–H groups in total. The maximum Gasteiger partial charge on any atom is 0.123 e. The normalized spacial score (nSPS) is 22.7. The topological polar surface area (TPSA) is 9.23 Å². The summed E-state index contributed by atoms with van der Waals surface area (Å²) in [6.07, 6.45) is 8.41. The minimum absolute atomic E-state index is 0.0817. The Bertz CT molecular complexity index is 448. The van der Waals surface area contributed by atoms with Gasteiger partial charge >= 0.3 is 0 Å². The summed E-state index contributed by atoms with van der Waals surface area (Å²) in [5.41, 5.74) is 0.875. The van der Waals surface area contributed by atoms with Gasteiger partial charge in [0.1, 0.15) is 5.82 Å². The molecule has 2 heteroatoms. The van der Waals surface area contributed by atoms with E-state index in [4.69, 9.17) is 4.74 Å². The van der Waals surface area contributed by atoms with Gasteiger partial charge in [0.2, 0.25) is 0 Å². The first-order valence-electron chi connectivity index (χ1n) is 6.38. The van der Waals surface area contributed by atoms with Crippen LogP contribution in [0.5, 0.6) is 0 Å². The van der Waals surface area contributed by atoms with Crippen molar-refractivity contribution in [3.63, 3.8) is 0 Å². The number of benzene rings is 1. The van der Waals surface area contributed by atoms with Gasteiger partial charge in [0.25, 0.3) is 0 Å². The Hall–Kier alpha value is -1.41. The fourth-order valence-electron chi connectivity index (χ4n) is 2.19. The Labute approximate surface area is 108 Å². The molecular weight excluding hydrogens is 227 g/mol.